The molecule has 1 aromatic heterocycles. The third-order valence-electron chi connectivity index (χ3n) is 4.85. The molecule has 6 heteroatoms. The van der Waals surface area contributed by atoms with Crippen molar-refractivity contribution < 1.29 is 14.0 Å². The van der Waals surface area contributed by atoms with Gasteiger partial charge in [0.25, 0.3) is 0 Å². The zero-order valence-corrected chi connectivity index (χ0v) is 16.0. The Labute approximate surface area is 160 Å². The summed E-state index contributed by atoms with van der Waals surface area (Å²) in [4.78, 5) is 30.9. The van der Waals surface area contributed by atoms with Crippen molar-refractivity contribution in [3.63, 3.8) is 0 Å². The molecule has 144 valence electrons. The van der Waals surface area contributed by atoms with Gasteiger partial charge in [-0.1, -0.05) is 32.0 Å². The van der Waals surface area contributed by atoms with Crippen molar-refractivity contribution in [1.82, 2.24) is 15.2 Å². The number of amides is 2. The summed E-state index contributed by atoms with van der Waals surface area (Å²) in [6.07, 6.45) is 3.96. The van der Waals surface area contributed by atoms with E-state index in [-0.39, 0.29) is 23.7 Å². The van der Waals surface area contributed by atoms with Gasteiger partial charge in [-0.15, -0.1) is 0 Å². The monoisotopic (exact) mass is 369 g/mol. The second kappa shape index (κ2) is 8.84. The minimum atomic E-state index is -0.126. The number of benzene rings is 1. The fourth-order valence-electron chi connectivity index (χ4n) is 3.35. The molecule has 1 atom stereocenters. The van der Waals surface area contributed by atoms with Crippen LogP contribution in [0.2, 0.25) is 0 Å². The highest BCUT2D eigenvalue weighted by Crippen LogP contribution is 2.19. The Morgan fingerprint density at radius 3 is 2.81 bits per heavy atom. The predicted molar refractivity (Wildman–Crippen MR) is 103 cm³/mol. The summed E-state index contributed by atoms with van der Waals surface area (Å²) in [5, 5.41) is 2.98. The van der Waals surface area contributed by atoms with Crippen molar-refractivity contribution in [1.29, 1.82) is 0 Å². The first-order chi connectivity index (χ1) is 13.0. The predicted octanol–water partition coefficient (Wildman–Crippen LogP) is 2.89. The second-order valence-electron chi connectivity index (χ2n) is 7.33. The van der Waals surface area contributed by atoms with Crippen LogP contribution in [0, 0.1) is 11.8 Å². The molecule has 0 saturated carbocycles. The van der Waals surface area contributed by atoms with E-state index in [1.165, 1.54) is 0 Å². The quantitative estimate of drug-likeness (QED) is 0.849. The Kier molecular flexibility index (Phi) is 6.27. The number of carbonyl (C=O) groups excluding carboxylic acids is 2. The first-order valence-electron chi connectivity index (χ1n) is 9.61. The van der Waals surface area contributed by atoms with Crippen LogP contribution >= 0.6 is 0 Å². The van der Waals surface area contributed by atoms with Crippen molar-refractivity contribution in [3.05, 3.63) is 42.3 Å². The fraction of sp³-hybridized carbons (Fsp3) is 0.476. The number of hydrogen-bond acceptors (Lipinski definition) is 4. The Morgan fingerprint density at radius 1 is 1.30 bits per heavy atom. The van der Waals surface area contributed by atoms with Gasteiger partial charge in [0.15, 0.2) is 0 Å². The van der Waals surface area contributed by atoms with Crippen LogP contribution in [-0.4, -0.2) is 41.3 Å². The standard InChI is InChI=1S/C21H27N3O3/c1-15(2)21(26)24-12-6-9-17(13-24)19(25)22-11-10-18-14-27-20(23-18)16-7-4-3-5-8-16/h3-5,7-8,14-15,17H,6,9-13H2,1-2H3,(H,22,25)/t17-/m1/s1. The molecule has 1 saturated heterocycles. The van der Waals surface area contributed by atoms with Crippen LogP contribution < -0.4 is 5.32 Å². The molecule has 3 rings (SSSR count). The van der Waals surface area contributed by atoms with Crippen LogP contribution in [0.3, 0.4) is 0 Å². The normalized spacial score (nSPS) is 17.1. The van der Waals surface area contributed by atoms with E-state index < -0.39 is 0 Å². The molecule has 1 N–H and O–H groups in total. The number of carbonyl (C=O) groups is 2. The Bertz CT molecular complexity index is 770. The topological polar surface area (TPSA) is 75.4 Å². The molecule has 27 heavy (non-hydrogen) atoms. The number of hydrogen-bond donors (Lipinski definition) is 1. The van der Waals surface area contributed by atoms with Gasteiger partial charge >= 0.3 is 0 Å². The van der Waals surface area contributed by atoms with Gasteiger partial charge in [0, 0.05) is 37.5 Å². The molecular formula is C21H27N3O3. The lowest BCUT2D eigenvalue weighted by atomic mass is 9.96. The summed E-state index contributed by atoms with van der Waals surface area (Å²) >= 11 is 0. The summed E-state index contributed by atoms with van der Waals surface area (Å²) in [7, 11) is 0. The van der Waals surface area contributed by atoms with Gasteiger partial charge in [0.05, 0.1) is 11.6 Å². The number of rotatable bonds is 6. The smallest absolute Gasteiger partial charge is 0.226 e. The van der Waals surface area contributed by atoms with Crippen LogP contribution in [0.15, 0.2) is 41.0 Å². The molecule has 2 aromatic rings. The maximum absolute atomic E-state index is 12.5. The molecule has 1 fully saturated rings. The highest BCUT2D eigenvalue weighted by atomic mass is 16.3. The molecule has 2 heterocycles. The van der Waals surface area contributed by atoms with E-state index >= 15 is 0 Å². The van der Waals surface area contributed by atoms with Crippen LogP contribution in [-0.2, 0) is 16.0 Å². The van der Waals surface area contributed by atoms with Crippen LogP contribution in [0.25, 0.3) is 11.5 Å². The number of nitrogens with one attached hydrogen (secondary N) is 1. The number of aromatic nitrogens is 1. The minimum absolute atomic E-state index is 0.0167. The van der Waals surface area contributed by atoms with Gasteiger partial charge in [-0.25, -0.2) is 4.98 Å². The minimum Gasteiger partial charge on any atom is -0.444 e. The Morgan fingerprint density at radius 2 is 2.07 bits per heavy atom. The number of likely N-dealkylation sites (tertiary alicyclic amines) is 1. The van der Waals surface area contributed by atoms with Crippen molar-refractivity contribution in [2.75, 3.05) is 19.6 Å². The highest BCUT2D eigenvalue weighted by molar-refractivity contribution is 5.82. The van der Waals surface area contributed by atoms with E-state index in [4.69, 9.17) is 4.42 Å². The van der Waals surface area contributed by atoms with E-state index in [1.807, 2.05) is 49.1 Å². The molecule has 1 aromatic carbocycles. The lowest BCUT2D eigenvalue weighted by Gasteiger charge is -2.33. The number of piperidine rings is 1. The summed E-state index contributed by atoms with van der Waals surface area (Å²) in [6, 6.07) is 9.73. The molecule has 0 spiro atoms. The lowest BCUT2D eigenvalue weighted by molar-refractivity contribution is -0.138. The summed E-state index contributed by atoms with van der Waals surface area (Å²) < 4.78 is 5.52. The molecular weight excluding hydrogens is 342 g/mol. The van der Waals surface area contributed by atoms with Gasteiger partial charge in [-0.2, -0.15) is 0 Å². The van der Waals surface area contributed by atoms with E-state index in [2.05, 4.69) is 10.3 Å². The van der Waals surface area contributed by atoms with E-state index in [1.54, 1.807) is 6.26 Å². The van der Waals surface area contributed by atoms with Crippen LogP contribution in [0.4, 0.5) is 0 Å². The maximum atomic E-state index is 12.5. The zero-order valence-electron chi connectivity index (χ0n) is 16.0. The van der Waals surface area contributed by atoms with Gasteiger partial charge in [0.2, 0.25) is 17.7 Å². The van der Waals surface area contributed by atoms with Crippen molar-refractivity contribution >= 4 is 11.8 Å². The second-order valence-corrected chi connectivity index (χ2v) is 7.33. The average molecular weight is 369 g/mol. The van der Waals surface area contributed by atoms with Gasteiger partial charge in [-0.05, 0) is 25.0 Å². The zero-order chi connectivity index (χ0) is 19.2. The molecule has 1 aliphatic heterocycles. The Balaban J connectivity index is 1.47. The van der Waals surface area contributed by atoms with Crippen LogP contribution in [0.5, 0.6) is 0 Å². The molecule has 2 amide bonds. The molecule has 6 nitrogen and oxygen atoms in total. The molecule has 0 radical (unpaired) electrons. The van der Waals surface area contributed by atoms with E-state index in [9.17, 15) is 9.59 Å². The van der Waals surface area contributed by atoms with Gasteiger partial charge in [-0.3, -0.25) is 9.59 Å². The largest absolute Gasteiger partial charge is 0.444 e. The van der Waals surface area contributed by atoms with Gasteiger partial charge in [0.1, 0.15) is 6.26 Å². The fourth-order valence-corrected chi connectivity index (χ4v) is 3.35. The SMILES string of the molecule is CC(C)C(=O)N1CCC[C@@H](C(=O)NCCc2coc(-c3ccccc3)n2)C1. The van der Waals surface area contributed by atoms with Gasteiger partial charge < -0.3 is 14.6 Å². The summed E-state index contributed by atoms with van der Waals surface area (Å²) in [5.74, 6) is 0.579. The number of oxazole rings is 1. The van der Waals surface area contributed by atoms with Crippen LogP contribution in [0.1, 0.15) is 32.4 Å². The van der Waals surface area contributed by atoms with Crippen molar-refractivity contribution in [2.45, 2.75) is 33.1 Å². The first-order valence-corrected chi connectivity index (χ1v) is 9.61. The summed E-state index contributed by atoms with van der Waals surface area (Å²) in [5.41, 5.74) is 1.75. The molecule has 0 unspecified atom stereocenters. The molecule has 0 bridgehead atoms. The third kappa shape index (κ3) is 4.96. The molecule has 1 aliphatic rings. The highest BCUT2D eigenvalue weighted by Gasteiger charge is 2.29. The summed E-state index contributed by atoms with van der Waals surface area (Å²) in [6.45, 7) is 5.57. The number of nitrogens with zero attached hydrogens (tertiary/aromatic N) is 2. The maximum Gasteiger partial charge on any atom is 0.226 e. The first kappa shape index (κ1) is 19.1. The van der Waals surface area contributed by atoms with E-state index in [0.717, 1.165) is 30.6 Å². The molecule has 0 aliphatic carbocycles. The Hall–Kier alpha value is -2.63. The van der Waals surface area contributed by atoms with Crippen molar-refractivity contribution in [3.8, 4) is 11.5 Å². The lowest BCUT2D eigenvalue weighted by Crippen LogP contribution is -2.46. The average Bonchev–Trinajstić information content (AvgIpc) is 3.17. The van der Waals surface area contributed by atoms with E-state index in [0.29, 0.717) is 25.4 Å². The third-order valence-corrected chi connectivity index (χ3v) is 4.85. The van der Waals surface area contributed by atoms with Crippen molar-refractivity contribution in [2.24, 2.45) is 11.8 Å².